The van der Waals surface area contributed by atoms with E-state index in [1.54, 1.807) is 48.5 Å². The molecular formula is C45H46N6O8. The number of hydrogen-bond donors (Lipinski definition) is 6. The van der Waals surface area contributed by atoms with E-state index in [1.807, 2.05) is 66.7 Å². The number of carboxylic acid groups (broad SMARTS) is 1. The van der Waals surface area contributed by atoms with Gasteiger partial charge in [0.25, 0.3) is 5.91 Å². The van der Waals surface area contributed by atoms with Crippen LogP contribution >= 0.6 is 0 Å². The molecule has 6 rings (SSSR count). The minimum atomic E-state index is -1.32. The highest BCUT2D eigenvalue weighted by atomic mass is 16.5. The Balaban J connectivity index is 1.25. The Morgan fingerprint density at radius 3 is 1.92 bits per heavy atom. The summed E-state index contributed by atoms with van der Waals surface area (Å²) in [7, 11) is 1.41. The van der Waals surface area contributed by atoms with E-state index in [9.17, 15) is 29.1 Å². The van der Waals surface area contributed by atoms with Crippen molar-refractivity contribution in [3.8, 4) is 44.9 Å². The van der Waals surface area contributed by atoms with Crippen molar-refractivity contribution in [2.75, 3.05) is 46.4 Å². The highest BCUT2D eigenvalue weighted by Crippen LogP contribution is 2.40. The van der Waals surface area contributed by atoms with E-state index in [2.05, 4.69) is 16.0 Å². The first-order valence-corrected chi connectivity index (χ1v) is 19.1. The number of carboxylic acids is 1. The Bertz CT molecular complexity index is 2300. The third-order valence-electron chi connectivity index (χ3n) is 9.80. The van der Waals surface area contributed by atoms with E-state index in [1.165, 1.54) is 11.9 Å². The van der Waals surface area contributed by atoms with Crippen LogP contribution in [-0.4, -0.2) is 92.1 Å². The summed E-state index contributed by atoms with van der Waals surface area (Å²) in [5, 5.41) is 17.6. The quantitative estimate of drug-likeness (QED) is 0.102. The molecule has 1 heterocycles. The minimum Gasteiger partial charge on any atom is -0.492 e. The van der Waals surface area contributed by atoms with Gasteiger partial charge in [-0.25, -0.2) is 4.79 Å². The molecular weight excluding hydrogens is 753 g/mol. The molecule has 14 heteroatoms. The predicted molar refractivity (Wildman–Crippen MR) is 222 cm³/mol. The third-order valence-corrected chi connectivity index (χ3v) is 9.80. The Morgan fingerprint density at radius 1 is 0.763 bits per heavy atom. The lowest BCUT2D eigenvalue weighted by atomic mass is 9.94. The lowest BCUT2D eigenvalue weighted by molar-refractivity contribution is -0.142. The van der Waals surface area contributed by atoms with Crippen LogP contribution in [0.1, 0.15) is 27.5 Å². The van der Waals surface area contributed by atoms with Crippen LogP contribution in [0.25, 0.3) is 33.4 Å². The van der Waals surface area contributed by atoms with Gasteiger partial charge in [0.2, 0.25) is 17.7 Å². The number of aliphatic carboxylic acids is 1. The average molecular weight is 799 g/mol. The molecule has 0 unspecified atom stereocenters. The molecule has 0 radical (unpaired) electrons. The molecule has 5 aromatic carbocycles. The van der Waals surface area contributed by atoms with Gasteiger partial charge in [0, 0.05) is 43.2 Å². The molecule has 14 nitrogen and oxygen atoms in total. The lowest BCUT2D eigenvalue weighted by Gasteiger charge is -2.29. The van der Waals surface area contributed by atoms with E-state index >= 15 is 0 Å². The maximum absolute atomic E-state index is 14.0. The van der Waals surface area contributed by atoms with E-state index in [-0.39, 0.29) is 32.7 Å². The second-order valence-electron chi connectivity index (χ2n) is 13.9. The molecule has 2 atom stereocenters. The number of nitrogens with one attached hydrogen (secondary N) is 3. The third kappa shape index (κ3) is 10.3. The van der Waals surface area contributed by atoms with Gasteiger partial charge >= 0.3 is 5.97 Å². The van der Waals surface area contributed by atoms with Crippen LogP contribution in [0.4, 0.5) is 0 Å². The molecule has 4 amide bonds. The number of ether oxygens (including phenoxy) is 2. The molecule has 0 saturated carbocycles. The Kier molecular flexibility index (Phi) is 13.7. The summed E-state index contributed by atoms with van der Waals surface area (Å²) in [6.07, 6.45) is -0.0728. The number of fused-ring (bicyclic) bond motifs is 5. The highest BCUT2D eigenvalue weighted by Gasteiger charge is 2.31. The van der Waals surface area contributed by atoms with Gasteiger partial charge < -0.3 is 46.9 Å². The van der Waals surface area contributed by atoms with Crippen molar-refractivity contribution in [1.29, 1.82) is 0 Å². The van der Waals surface area contributed by atoms with Crippen LogP contribution in [0.5, 0.6) is 11.5 Å². The molecule has 0 aliphatic carbocycles. The van der Waals surface area contributed by atoms with Crippen molar-refractivity contribution >= 4 is 29.6 Å². The smallest absolute Gasteiger partial charge is 0.326 e. The van der Waals surface area contributed by atoms with Gasteiger partial charge in [-0.2, -0.15) is 0 Å². The fraction of sp³-hybridized carbons (Fsp3) is 0.222. The Labute approximate surface area is 341 Å². The zero-order chi connectivity index (χ0) is 41.9. The van der Waals surface area contributed by atoms with Crippen LogP contribution in [-0.2, 0) is 25.6 Å². The monoisotopic (exact) mass is 798 g/mol. The van der Waals surface area contributed by atoms with Crippen molar-refractivity contribution in [2.45, 2.75) is 18.5 Å². The van der Waals surface area contributed by atoms with Gasteiger partial charge in [-0.3, -0.25) is 19.2 Å². The maximum Gasteiger partial charge on any atom is 0.326 e. The van der Waals surface area contributed by atoms with Crippen LogP contribution < -0.4 is 36.9 Å². The molecule has 0 aromatic heterocycles. The normalized spacial score (nSPS) is 15.2. The fourth-order valence-electron chi connectivity index (χ4n) is 6.75. The number of carbonyl (C=O) groups is 5. The summed E-state index contributed by atoms with van der Waals surface area (Å²) in [5.74, 6) is -3.05. The van der Waals surface area contributed by atoms with Crippen molar-refractivity contribution in [2.24, 2.45) is 11.5 Å². The number of benzene rings is 5. The zero-order valence-corrected chi connectivity index (χ0v) is 32.5. The van der Waals surface area contributed by atoms with Crippen molar-refractivity contribution < 1.29 is 38.6 Å². The number of nitrogens with zero attached hydrogens (tertiary/aromatic N) is 1. The van der Waals surface area contributed by atoms with Gasteiger partial charge in [0.15, 0.2) is 0 Å². The molecule has 5 aromatic rings. The first-order chi connectivity index (χ1) is 28.6. The van der Waals surface area contributed by atoms with E-state index < -0.39 is 54.8 Å². The summed E-state index contributed by atoms with van der Waals surface area (Å²) >= 11 is 0. The molecule has 1 aliphatic rings. The maximum atomic E-state index is 14.0. The van der Waals surface area contributed by atoms with Crippen molar-refractivity contribution in [3.05, 3.63) is 132 Å². The molecule has 1 aliphatic heterocycles. The molecule has 0 saturated heterocycles. The Hall–Kier alpha value is -7.03. The van der Waals surface area contributed by atoms with Crippen molar-refractivity contribution in [1.82, 2.24) is 20.9 Å². The molecule has 4 bridgehead atoms. The topological polar surface area (TPSA) is 215 Å². The van der Waals surface area contributed by atoms with Gasteiger partial charge in [-0.1, -0.05) is 78.9 Å². The van der Waals surface area contributed by atoms with Gasteiger partial charge in [-0.15, -0.1) is 0 Å². The molecule has 59 heavy (non-hydrogen) atoms. The van der Waals surface area contributed by atoms with E-state index in [0.29, 0.717) is 39.3 Å². The number of carbonyl (C=O) groups excluding carboxylic acids is 4. The Morgan fingerprint density at radius 2 is 1.32 bits per heavy atom. The van der Waals surface area contributed by atoms with Crippen LogP contribution in [0.3, 0.4) is 0 Å². The minimum absolute atomic E-state index is 0.0728. The molecule has 0 spiro atoms. The predicted octanol–water partition coefficient (Wildman–Crippen LogP) is 3.53. The number of rotatable bonds is 13. The van der Waals surface area contributed by atoms with Crippen LogP contribution in [0, 0.1) is 0 Å². The number of amides is 4. The van der Waals surface area contributed by atoms with Gasteiger partial charge in [0.1, 0.15) is 36.8 Å². The van der Waals surface area contributed by atoms with E-state index in [0.717, 1.165) is 22.3 Å². The van der Waals surface area contributed by atoms with Gasteiger partial charge in [-0.05, 0) is 69.8 Å². The molecule has 304 valence electrons. The summed E-state index contributed by atoms with van der Waals surface area (Å²) in [5.41, 5.74) is 17.8. The number of hydrogen-bond acceptors (Lipinski definition) is 9. The number of likely N-dealkylation sites (N-methyl/N-ethyl adjacent to an activating group) is 1. The second kappa shape index (κ2) is 19.4. The fourth-order valence-corrected chi connectivity index (χ4v) is 6.75. The first-order valence-electron chi connectivity index (χ1n) is 19.1. The van der Waals surface area contributed by atoms with Crippen molar-refractivity contribution in [3.63, 3.8) is 0 Å². The molecule has 8 N–H and O–H groups in total. The SMILES string of the molecule is CN(C(=O)CNC(=O)c1ccc(-c2ccc(-c3ccccc3)cc2)cc1)[C@@H]1C(=O)NCC(=O)N[C@H](C(=O)O)Cc2ccc(OCCN)c(c2)-c2cc1ccc2OCCN. The summed E-state index contributed by atoms with van der Waals surface area (Å²) in [6, 6.07) is 32.5. The number of nitrogens with two attached hydrogens (primary N) is 2. The van der Waals surface area contributed by atoms with Gasteiger partial charge in [0.05, 0.1) is 13.1 Å². The summed E-state index contributed by atoms with van der Waals surface area (Å²) in [4.78, 5) is 67.3. The zero-order valence-electron chi connectivity index (χ0n) is 32.5. The summed E-state index contributed by atoms with van der Waals surface area (Å²) in [6.45, 7) is -0.269. The highest BCUT2D eigenvalue weighted by molar-refractivity contribution is 5.98. The standard InChI is InChI=1S/C45H46N6O8/c1-51(41(53)27-49-43(54)33-14-12-32(13-15-33)31-10-8-30(9-11-31)29-5-3-2-4-6-29)42-34-16-18-39(59-22-20-47)36(25-34)35-23-28(7-17-38(35)58-21-19-46)24-37(45(56)57)50-40(52)26-48-44(42)55/h2-18,23,25,37,42H,19-22,24,26-27,46-47H2,1H3,(H,48,55)(H,49,54)(H,50,52)(H,56,57)/t37-,42-/m0/s1. The lowest BCUT2D eigenvalue weighted by Crippen LogP contribution is -2.49. The summed E-state index contributed by atoms with van der Waals surface area (Å²) < 4.78 is 12.0. The van der Waals surface area contributed by atoms with E-state index in [4.69, 9.17) is 20.9 Å². The largest absolute Gasteiger partial charge is 0.492 e. The van der Waals surface area contributed by atoms with Crippen LogP contribution in [0.2, 0.25) is 0 Å². The molecule has 0 fully saturated rings. The second-order valence-corrected chi connectivity index (χ2v) is 13.9. The van der Waals surface area contributed by atoms with Crippen LogP contribution in [0.15, 0.2) is 115 Å². The average Bonchev–Trinajstić information content (AvgIpc) is 3.26. The first kappa shape index (κ1) is 41.6.